The van der Waals surface area contributed by atoms with Gasteiger partial charge in [0.25, 0.3) is 0 Å². The van der Waals surface area contributed by atoms with E-state index in [1.807, 2.05) is 60.7 Å². The normalized spacial score (nSPS) is 9.71. The Morgan fingerprint density at radius 3 is 1.47 bits per heavy atom. The molecule has 0 aliphatic heterocycles. The lowest BCUT2D eigenvalue weighted by Gasteiger charge is -2.12. The van der Waals surface area contributed by atoms with Gasteiger partial charge < -0.3 is 5.11 Å². The van der Waals surface area contributed by atoms with Crippen LogP contribution in [0.4, 0.5) is 0 Å². The minimum Gasteiger partial charge on any atom is -0.481 e. The molecule has 0 aliphatic rings. The molecule has 1 N–H and O–H groups in total. The number of rotatable bonds is 3. The Morgan fingerprint density at radius 1 is 0.824 bits per heavy atom. The van der Waals surface area contributed by atoms with Gasteiger partial charge in [0.1, 0.15) is 5.92 Å². The first-order valence-corrected chi connectivity index (χ1v) is 5.12. The maximum atomic E-state index is 11.3. The lowest BCUT2D eigenvalue weighted by Crippen LogP contribution is -2.12. The number of carboxylic acid groups (broad SMARTS) is 1. The summed E-state index contributed by atoms with van der Waals surface area (Å²) in [4.78, 5) is 11.3. The van der Waals surface area contributed by atoms with Gasteiger partial charge in [-0.3, -0.25) is 4.79 Å². The molecule has 0 heterocycles. The Morgan fingerprint density at radius 2 is 1.18 bits per heavy atom. The van der Waals surface area contributed by atoms with Crippen LogP contribution in [0, 0.1) is 0 Å². The molecular formula is C14H12MgO2. The summed E-state index contributed by atoms with van der Waals surface area (Å²) in [6.07, 6.45) is 0. The fourth-order valence-electron chi connectivity index (χ4n) is 1.77. The molecule has 82 valence electrons. The lowest BCUT2D eigenvalue weighted by molar-refractivity contribution is -0.137. The third kappa shape index (κ3) is 3.31. The molecule has 0 amide bonds. The SMILES string of the molecule is O=C(O)C(c1ccccc1)c1ccccc1.[Mg]. The van der Waals surface area contributed by atoms with Crippen molar-refractivity contribution >= 4 is 29.0 Å². The summed E-state index contributed by atoms with van der Waals surface area (Å²) in [7, 11) is 0. The van der Waals surface area contributed by atoms with E-state index in [-0.39, 0.29) is 23.1 Å². The highest BCUT2D eigenvalue weighted by atomic mass is 24.3. The van der Waals surface area contributed by atoms with Gasteiger partial charge in [0.05, 0.1) is 0 Å². The Hall–Kier alpha value is -1.32. The van der Waals surface area contributed by atoms with Gasteiger partial charge in [0, 0.05) is 23.1 Å². The first kappa shape index (κ1) is 13.7. The van der Waals surface area contributed by atoms with Crippen LogP contribution in [-0.2, 0) is 4.79 Å². The largest absolute Gasteiger partial charge is 0.481 e. The molecule has 2 rings (SSSR count). The van der Waals surface area contributed by atoms with Crippen molar-refractivity contribution in [3.8, 4) is 0 Å². The van der Waals surface area contributed by atoms with Crippen molar-refractivity contribution in [2.75, 3.05) is 0 Å². The molecule has 0 aliphatic carbocycles. The van der Waals surface area contributed by atoms with Gasteiger partial charge in [-0.15, -0.1) is 0 Å². The van der Waals surface area contributed by atoms with Crippen LogP contribution in [0.2, 0.25) is 0 Å². The van der Waals surface area contributed by atoms with Gasteiger partial charge in [0.2, 0.25) is 0 Å². The van der Waals surface area contributed by atoms with Gasteiger partial charge in [-0.25, -0.2) is 0 Å². The fraction of sp³-hybridized carbons (Fsp3) is 0.0714. The molecule has 0 spiro atoms. The van der Waals surface area contributed by atoms with Crippen molar-refractivity contribution in [1.82, 2.24) is 0 Å². The standard InChI is InChI=1S/C14H12O2.Mg/c15-14(16)13(11-7-3-1-4-8-11)12-9-5-2-6-10-12;/h1-10,13H,(H,15,16);. The highest BCUT2D eigenvalue weighted by Crippen LogP contribution is 2.24. The van der Waals surface area contributed by atoms with Gasteiger partial charge in [-0.2, -0.15) is 0 Å². The Labute approximate surface area is 116 Å². The third-order valence-corrected chi connectivity index (χ3v) is 2.51. The smallest absolute Gasteiger partial charge is 0.315 e. The maximum Gasteiger partial charge on any atom is 0.315 e. The predicted molar refractivity (Wildman–Crippen MR) is 68.1 cm³/mol. The highest BCUT2D eigenvalue weighted by Gasteiger charge is 2.20. The van der Waals surface area contributed by atoms with E-state index in [1.54, 1.807) is 0 Å². The van der Waals surface area contributed by atoms with Gasteiger partial charge >= 0.3 is 5.97 Å². The van der Waals surface area contributed by atoms with E-state index in [1.165, 1.54) is 0 Å². The molecule has 2 aromatic carbocycles. The minimum atomic E-state index is -0.822. The van der Waals surface area contributed by atoms with Crippen LogP contribution in [0.5, 0.6) is 0 Å². The molecule has 2 radical (unpaired) electrons. The second-order valence-electron chi connectivity index (χ2n) is 3.59. The van der Waals surface area contributed by atoms with Gasteiger partial charge in [-0.05, 0) is 11.1 Å². The van der Waals surface area contributed by atoms with Crippen LogP contribution in [-0.4, -0.2) is 34.1 Å². The number of benzene rings is 2. The zero-order chi connectivity index (χ0) is 11.4. The first-order chi connectivity index (χ1) is 7.79. The van der Waals surface area contributed by atoms with Crippen LogP contribution < -0.4 is 0 Å². The van der Waals surface area contributed by atoms with E-state index < -0.39 is 11.9 Å². The number of carbonyl (C=O) groups is 1. The molecule has 0 bridgehead atoms. The van der Waals surface area contributed by atoms with Crippen molar-refractivity contribution in [2.24, 2.45) is 0 Å². The van der Waals surface area contributed by atoms with Gasteiger partial charge in [0.15, 0.2) is 0 Å². The number of hydrogen-bond acceptors (Lipinski definition) is 1. The van der Waals surface area contributed by atoms with E-state index in [9.17, 15) is 9.90 Å². The Balaban J connectivity index is 0.00000144. The lowest BCUT2D eigenvalue weighted by atomic mass is 9.92. The van der Waals surface area contributed by atoms with Crippen LogP contribution in [0.25, 0.3) is 0 Å². The average molecular weight is 237 g/mol. The summed E-state index contributed by atoms with van der Waals surface area (Å²) in [5, 5.41) is 9.28. The zero-order valence-electron chi connectivity index (χ0n) is 9.41. The Kier molecular flexibility index (Phi) is 5.19. The monoisotopic (exact) mass is 236 g/mol. The number of carboxylic acids is 1. The van der Waals surface area contributed by atoms with E-state index >= 15 is 0 Å². The van der Waals surface area contributed by atoms with Crippen molar-refractivity contribution in [3.63, 3.8) is 0 Å². The summed E-state index contributed by atoms with van der Waals surface area (Å²) in [6.45, 7) is 0. The summed E-state index contributed by atoms with van der Waals surface area (Å²) < 4.78 is 0. The number of hydrogen-bond donors (Lipinski definition) is 1. The summed E-state index contributed by atoms with van der Waals surface area (Å²) in [5.41, 5.74) is 1.61. The van der Waals surface area contributed by atoms with Crippen LogP contribution in [0.15, 0.2) is 60.7 Å². The molecule has 17 heavy (non-hydrogen) atoms. The first-order valence-electron chi connectivity index (χ1n) is 5.12. The second kappa shape index (κ2) is 6.42. The molecule has 0 fully saturated rings. The second-order valence-corrected chi connectivity index (χ2v) is 3.59. The highest BCUT2D eigenvalue weighted by molar-refractivity contribution is 5.80. The third-order valence-electron chi connectivity index (χ3n) is 2.51. The molecule has 0 atom stereocenters. The van der Waals surface area contributed by atoms with E-state index in [4.69, 9.17) is 0 Å². The van der Waals surface area contributed by atoms with E-state index in [0.29, 0.717) is 0 Å². The van der Waals surface area contributed by atoms with Crippen molar-refractivity contribution in [1.29, 1.82) is 0 Å². The minimum absolute atomic E-state index is 0. The molecule has 0 saturated carbocycles. The fourth-order valence-corrected chi connectivity index (χ4v) is 1.77. The summed E-state index contributed by atoms with van der Waals surface area (Å²) in [6, 6.07) is 18.5. The Bertz CT molecular complexity index is 429. The summed E-state index contributed by atoms with van der Waals surface area (Å²) in [5.74, 6) is -1.40. The molecule has 0 aromatic heterocycles. The molecule has 0 unspecified atom stereocenters. The molecule has 3 heteroatoms. The average Bonchev–Trinajstić information content (AvgIpc) is 2.31. The van der Waals surface area contributed by atoms with Crippen molar-refractivity contribution in [2.45, 2.75) is 5.92 Å². The summed E-state index contributed by atoms with van der Waals surface area (Å²) >= 11 is 0. The maximum absolute atomic E-state index is 11.3. The number of aliphatic carboxylic acids is 1. The van der Waals surface area contributed by atoms with Gasteiger partial charge in [-0.1, -0.05) is 60.7 Å². The van der Waals surface area contributed by atoms with Crippen LogP contribution in [0.1, 0.15) is 17.0 Å². The van der Waals surface area contributed by atoms with Crippen molar-refractivity contribution in [3.05, 3.63) is 71.8 Å². The molecule has 0 saturated heterocycles. The molecule has 2 aromatic rings. The quantitative estimate of drug-likeness (QED) is 0.832. The van der Waals surface area contributed by atoms with Crippen LogP contribution in [0.3, 0.4) is 0 Å². The van der Waals surface area contributed by atoms with Crippen molar-refractivity contribution < 1.29 is 9.90 Å². The topological polar surface area (TPSA) is 37.3 Å². The van der Waals surface area contributed by atoms with Crippen LogP contribution >= 0.6 is 0 Å². The van der Waals surface area contributed by atoms with E-state index in [0.717, 1.165) is 11.1 Å². The molecular weight excluding hydrogens is 224 g/mol. The van der Waals surface area contributed by atoms with E-state index in [2.05, 4.69) is 0 Å². The zero-order valence-corrected chi connectivity index (χ0v) is 10.8. The molecule has 2 nitrogen and oxygen atoms in total. The predicted octanol–water partition coefficient (Wildman–Crippen LogP) is 2.52.